The number of aromatic nitrogens is 2. The first-order valence-corrected chi connectivity index (χ1v) is 7.35. The van der Waals surface area contributed by atoms with Crippen LogP contribution in [-0.2, 0) is 7.05 Å². The smallest absolute Gasteiger partial charge is 0.274 e. The van der Waals surface area contributed by atoms with Crippen LogP contribution in [0.4, 0.5) is 10.1 Å². The van der Waals surface area contributed by atoms with Crippen LogP contribution in [0, 0.1) is 12.7 Å². The Kier molecular flexibility index (Phi) is 3.83. The van der Waals surface area contributed by atoms with Gasteiger partial charge in [-0.2, -0.15) is 5.10 Å². The van der Waals surface area contributed by atoms with Gasteiger partial charge in [0.1, 0.15) is 5.82 Å². The second kappa shape index (κ2) is 5.79. The number of rotatable bonds is 2. The number of piperazine rings is 1. The third-order valence-electron chi connectivity index (χ3n) is 3.97. The summed E-state index contributed by atoms with van der Waals surface area (Å²) in [5.74, 6) is -0.269. The van der Waals surface area contributed by atoms with E-state index in [2.05, 4.69) is 5.10 Å². The predicted octanol–water partition coefficient (Wildman–Crippen LogP) is 1.83. The fourth-order valence-corrected chi connectivity index (χ4v) is 2.83. The summed E-state index contributed by atoms with van der Waals surface area (Å²) in [6, 6.07) is 6.75. The maximum atomic E-state index is 13.8. The molecule has 1 aliphatic rings. The molecule has 1 saturated heterocycles. The number of hydrogen-bond acceptors (Lipinski definition) is 3. The van der Waals surface area contributed by atoms with Crippen molar-refractivity contribution in [1.82, 2.24) is 14.7 Å². The highest BCUT2D eigenvalue weighted by atomic mass is 19.1. The first-order valence-electron chi connectivity index (χ1n) is 7.35. The van der Waals surface area contributed by atoms with Gasteiger partial charge in [0.2, 0.25) is 0 Å². The van der Waals surface area contributed by atoms with Crippen molar-refractivity contribution >= 4 is 11.6 Å². The number of carbonyl (C=O) groups is 1. The molecular formula is C16H19FN4O. The van der Waals surface area contributed by atoms with Crippen molar-refractivity contribution in [3.05, 3.63) is 47.5 Å². The van der Waals surface area contributed by atoms with Gasteiger partial charge in [0.15, 0.2) is 5.69 Å². The molecule has 1 fully saturated rings. The number of nitrogens with zero attached hydrogens (tertiary/aromatic N) is 4. The number of hydrogen-bond donors (Lipinski definition) is 0. The Morgan fingerprint density at radius 3 is 2.45 bits per heavy atom. The summed E-state index contributed by atoms with van der Waals surface area (Å²) in [7, 11) is 1.81. The van der Waals surface area contributed by atoms with Crippen LogP contribution in [0.25, 0.3) is 0 Å². The van der Waals surface area contributed by atoms with Crippen molar-refractivity contribution < 1.29 is 9.18 Å². The summed E-state index contributed by atoms with van der Waals surface area (Å²) in [5, 5.41) is 4.23. The zero-order chi connectivity index (χ0) is 15.7. The summed E-state index contributed by atoms with van der Waals surface area (Å²) >= 11 is 0. The minimum atomic E-state index is -0.220. The highest BCUT2D eigenvalue weighted by molar-refractivity contribution is 5.93. The molecule has 116 valence electrons. The lowest BCUT2D eigenvalue weighted by Crippen LogP contribution is -2.49. The maximum absolute atomic E-state index is 13.8. The lowest BCUT2D eigenvalue weighted by molar-refractivity contribution is 0.0739. The second-order valence-corrected chi connectivity index (χ2v) is 5.57. The molecule has 0 aliphatic carbocycles. The van der Waals surface area contributed by atoms with Gasteiger partial charge in [-0.15, -0.1) is 0 Å². The molecule has 0 N–H and O–H groups in total. The molecule has 0 radical (unpaired) electrons. The fourth-order valence-electron chi connectivity index (χ4n) is 2.83. The Bertz CT molecular complexity index is 689. The zero-order valence-corrected chi connectivity index (χ0v) is 12.8. The molecule has 22 heavy (non-hydrogen) atoms. The normalized spacial score (nSPS) is 15.2. The molecule has 0 saturated carbocycles. The topological polar surface area (TPSA) is 41.4 Å². The number of benzene rings is 1. The number of carbonyl (C=O) groups excluding carboxylic acids is 1. The molecular weight excluding hydrogens is 283 g/mol. The molecule has 5 nitrogen and oxygen atoms in total. The van der Waals surface area contributed by atoms with Crippen molar-refractivity contribution in [2.75, 3.05) is 31.1 Å². The quantitative estimate of drug-likeness (QED) is 0.850. The van der Waals surface area contributed by atoms with Crippen molar-refractivity contribution in [2.45, 2.75) is 6.92 Å². The molecule has 1 aromatic carbocycles. The summed E-state index contributed by atoms with van der Waals surface area (Å²) in [6.07, 6.45) is 1.84. The van der Waals surface area contributed by atoms with E-state index in [4.69, 9.17) is 0 Å². The van der Waals surface area contributed by atoms with E-state index < -0.39 is 0 Å². The molecule has 2 aromatic rings. The molecule has 6 heteroatoms. The Morgan fingerprint density at radius 1 is 1.18 bits per heavy atom. The van der Waals surface area contributed by atoms with Crippen molar-refractivity contribution in [2.24, 2.45) is 7.05 Å². The Balaban J connectivity index is 1.68. The highest BCUT2D eigenvalue weighted by Crippen LogP contribution is 2.20. The summed E-state index contributed by atoms with van der Waals surface area (Å²) in [4.78, 5) is 16.3. The van der Waals surface area contributed by atoms with E-state index in [1.54, 1.807) is 28.8 Å². The fraction of sp³-hybridized carbons (Fsp3) is 0.375. The van der Waals surface area contributed by atoms with Crippen LogP contribution in [0.15, 0.2) is 30.5 Å². The standard InChI is InChI=1S/C16H19FN4O/c1-12-11-19(2)18-15(12)16(22)21-9-7-20(8-10-21)14-6-4-3-5-13(14)17/h3-6,11H,7-10H2,1-2H3. The first kappa shape index (κ1) is 14.6. The van der Waals surface area contributed by atoms with E-state index >= 15 is 0 Å². The van der Waals surface area contributed by atoms with Gasteiger partial charge >= 0.3 is 0 Å². The number of amides is 1. The van der Waals surface area contributed by atoms with Gasteiger partial charge in [-0.3, -0.25) is 9.48 Å². The molecule has 1 amide bonds. The van der Waals surface area contributed by atoms with Crippen molar-refractivity contribution in [3.63, 3.8) is 0 Å². The number of anilines is 1. The van der Waals surface area contributed by atoms with Crippen LogP contribution in [-0.4, -0.2) is 46.8 Å². The van der Waals surface area contributed by atoms with Gasteiger partial charge in [0.05, 0.1) is 5.69 Å². The predicted molar refractivity (Wildman–Crippen MR) is 82.5 cm³/mol. The van der Waals surface area contributed by atoms with Gasteiger partial charge in [0, 0.05) is 45.0 Å². The van der Waals surface area contributed by atoms with E-state index in [-0.39, 0.29) is 11.7 Å². The SMILES string of the molecule is Cc1cn(C)nc1C(=O)N1CCN(c2ccccc2F)CC1. The van der Waals surface area contributed by atoms with Gasteiger partial charge in [-0.1, -0.05) is 12.1 Å². The number of para-hydroxylation sites is 1. The Hall–Kier alpha value is -2.37. The average molecular weight is 302 g/mol. The Labute approximate surface area is 128 Å². The maximum Gasteiger partial charge on any atom is 0.274 e. The van der Waals surface area contributed by atoms with Crippen LogP contribution in [0.2, 0.25) is 0 Å². The summed E-state index contributed by atoms with van der Waals surface area (Å²) in [5.41, 5.74) is 1.98. The minimum absolute atomic E-state index is 0.0497. The van der Waals surface area contributed by atoms with E-state index in [0.717, 1.165) is 5.56 Å². The molecule has 3 rings (SSSR count). The van der Waals surface area contributed by atoms with Crippen LogP contribution in [0.1, 0.15) is 16.1 Å². The van der Waals surface area contributed by atoms with E-state index in [9.17, 15) is 9.18 Å². The lowest BCUT2D eigenvalue weighted by Gasteiger charge is -2.36. The summed E-state index contributed by atoms with van der Waals surface area (Å²) in [6.45, 7) is 4.28. The van der Waals surface area contributed by atoms with Crippen molar-refractivity contribution in [3.8, 4) is 0 Å². The van der Waals surface area contributed by atoms with E-state index in [1.165, 1.54) is 6.07 Å². The largest absolute Gasteiger partial charge is 0.366 e. The van der Waals surface area contributed by atoms with E-state index in [0.29, 0.717) is 37.6 Å². The second-order valence-electron chi connectivity index (χ2n) is 5.57. The van der Waals surface area contributed by atoms with Gasteiger partial charge in [0.25, 0.3) is 5.91 Å². The monoisotopic (exact) mass is 302 g/mol. The lowest BCUT2D eigenvalue weighted by atomic mass is 10.2. The molecule has 0 unspecified atom stereocenters. The Morgan fingerprint density at radius 2 is 1.86 bits per heavy atom. The van der Waals surface area contributed by atoms with Gasteiger partial charge < -0.3 is 9.80 Å². The first-order chi connectivity index (χ1) is 10.6. The zero-order valence-electron chi connectivity index (χ0n) is 12.8. The van der Waals surface area contributed by atoms with Crippen LogP contribution < -0.4 is 4.90 Å². The molecule has 0 spiro atoms. The average Bonchev–Trinajstić information content (AvgIpc) is 2.86. The third-order valence-corrected chi connectivity index (χ3v) is 3.97. The van der Waals surface area contributed by atoms with Crippen LogP contribution in [0.3, 0.4) is 0 Å². The third kappa shape index (κ3) is 2.68. The number of halogens is 1. The van der Waals surface area contributed by atoms with Crippen molar-refractivity contribution in [1.29, 1.82) is 0 Å². The summed E-state index contributed by atoms with van der Waals surface area (Å²) < 4.78 is 15.5. The van der Waals surface area contributed by atoms with Gasteiger partial charge in [-0.05, 0) is 19.1 Å². The molecule has 1 aliphatic heterocycles. The van der Waals surface area contributed by atoms with Crippen LogP contribution >= 0.6 is 0 Å². The molecule has 1 aromatic heterocycles. The van der Waals surface area contributed by atoms with E-state index in [1.807, 2.05) is 24.1 Å². The molecule has 2 heterocycles. The van der Waals surface area contributed by atoms with Crippen LogP contribution in [0.5, 0.6) is 0 Å². The number of aryl methyl sites for hydroxylation is 2. The molecule has 0 bridgehead atoms. The molecule has 0 atom stereocenters. The minimum Gasteiger partial charge on any atom is -0.366 e. The van der Waals surface area contributed by atoms with Gasteiger partial charge in [-0.25, -0.2) is 4.39 Å². The highest BCUT2D eigenvalue weighted by Gasteiger charge is 2.25.